The highest BCUT2D eigenvalue weighted by Crippen LogP contribution is 2.32. The summed E-state index contributed by atoms with van der Waals surface area (Å²) in [5, 5.41) is 6.66. The second-order valence-corrected chi connectivity index (χ2v) is 7.45. The molecule has 1 unspecified atom stereocenters. The number of benzene rings is 1. The number of nitrogen functional groups attached to an aromatic ring is 1. The summed E-state index contributed by atoms with van der Waals surface area (Å²) in [5.74, 6) is 1.11. The van der Waals surface area contributed by atoms with Gasteiger partial charge in [0, 0.05) is 23.6 Å². The Balaban J connectivity index is 1.71. The van der Waals surface area contributed by atoms with Crippen LogP contribution in [0.25, 0.3) is 0 Å². The van der Waals surface area contributed by atoms with Crippen molar-refractivity contribution in [2.24, 2.45) is 5.92 Å². The van der Waals surface area contributed by atoms with Crippen LogP contribution in [0.3, 0.4) is 0 Å². The Morgan fingerprint density at radius 1 is 1.29 bits per heavy atom. The number of piperidine rings is 1. The molecule has 0 aliphatic carbocycles. The van der Waals surface area contributed by atoms with E-state index in [-0.39, 0.29) is 17.9 Å². The van der Waals surface area contributed by atoms with Crippen LogP contribution >= 0.6 is 15.9 Å². The van der Waals surface area contributed by atoms with Crippen molar-refractivity contribution in [3.8, 4) is 0 Å². The number of thiol groups is 1. The number of rotatable bonds is 5. The molecule has 10 heteroatoms. The van der Waals surface area contributed by atoms with Gasteiger partial charge in [0.15, 0.2) is 0 Å². The van der Waals surface area contributed by atoms with E-state index in [1.165, 1.54) is 0 Å². The molecule has 0 bridgehead atoms. The summed E-state index contributed by atoms with van der Waals surface area (Å²) in [6.45, 7) is 1.54. The van der Waals surface area contributed by atoms with Crippen LogP contribution in [0.5, 0.6) is 0 Å². The summed E-state index contributed by atoms with van der Waals surface area (Å²) in [6, 6.07) is 7.53. The highest BCUT2D eigenvalue weighted by molar-refractivity contribution is 9.10. The Kier molecular flexibility index (Phi) is 5.36. The van der Waals surface area contributed by atoms with Crippen molar-refractivity contribution in [2.75, 3.05) is 23.7 Å². The van der Waals surface area contributed by atoms with Crippen molar-refractivity contribution >= 4 is 38.7 Å². The van der Waals surface area contributed by atoms with E-state index in [9.17, 15) is 8.42 Å². The standard InChI is InChI=1S/C14H19BrN6O2S/c15-11-3-1-9(2-4-11)12(20-24(22)23)10-5-7-21(8-6-10)14-17-13(16)18-19-14/h1-4,10,12,24H,5-8H2,(H,20,22,23)(H3,16,17,18,19). The lowest BCUT2D eigenvalue weighted by Gasteiger charge is -2.35. The molecular weight excluding hydrogens is 396 g/mol. The molecular formula is C14H19BrN6O2S. The van der Waals surface area contributed by atoms with E-state index in [4.69, 9.17) is 5.73 Å². The zero-order chi connectivity index (χ0) is 17.1. The van der Waals surface area contributed by atoms with Gasteiger partial charge < -0.3 is 10.6 Å². The molecule has 8 nitrogen and oxygen atoms in total. The minimum absolute atomic E-state index is 0.218. The van der Waals surface area contributed by atoms with Gasteiger partial charge in [-0.15, -0.1) is 5.10 Å². The van der Waals surface area contributed by atoms with E-state index in [2.05, 4.69) is 40.7 Å². The number of aromatic amines is 1. The first-order valence-corrected chi connectivity index (χ1v) is 9.59. The van der Waals surface area contributed by atoms with E-state index in [1.807, 2.05) is 24.3 Å². The predicted molar refractivity (Wildman–Crippen MR) is 96.1 cm³/mol. The third kappa shape index (κ3) is 4.05. The summed E-state index contributed by atoms with van der Waals surface area (Å²) in [7, 11) is -2.67. The molecule has 1 atom stereocenters. The number of nitrogens with two attached hydrogens (primary N) is 1. The van der Waals surface area contributed by atoms with Crippen LogP contribution < -0.4 is 15.4 Å². The summed E-state index contributed by atoms with van der Waals surface area (Å²) in [6.07, 6.45) is 1.69. The first kappa shape index (κ1) is 17.2. The fourth-order valence-corrected chi connectivity index (χ4v) is 3.94. The van der Waals surface area contributed by atoms with Gasteiger partial charge in [-0.25, -0.2) is 18.2 Å². The van der Waals surface area contributed by atoms with Crippen LogP contribution in [-0.4, -0.2) is 36.7 Å². The molecule has 1 aliphatic heterocycles. The molecule has 24 heavy (non-hydrogen) atoms. The van der Waals surface area contributed by atoms with Crippen molar-refractivity contribution < 1.29 is 8.42 Å². The van der Waals surface area contributed by atoms with Crippen LogP contribution in [-0.2, 0) is 10.9 Å². The maximum atomic E-state index is 11.3. The minimum Gasteiger partial charge on any atom is -0.366 e. The van der Waals surface area contributed by atoms with Crippen molar-refractivity contribution in [3.05, 3.63) is 34.3 Å². The SMILES string of the molecule is Nc1n[nH]c(N2CCC(C(N[SH](=O)=O)c3ccc(Br)cc3)CC2)n1. The van der Waals surface area contributed by atoms with E-state index >= 15 is 0 Å². The number of H-pyrrole nitrogens is 1. The molecule has 2 aromatic rings. The van der Waals surface area contributed by atoms with E-state index in [0.717, 1.165) is 36.0 Å². The normalized spacial score (nSPS) is 17.3. The molecule has 130 valence electrons. The molecule has 4 N–H and O–H groups in total. The molecule has 1 saturated heterocycles. The fraction of sp³-hybridized carbons (Fsp3) is 0.429. The Morgan fingerprint density at radius 3 is 2.50 bits per heavy atom. The lowest BCUT2D eigenvalue weighted by atomic mass is 9.86. The van der Waals surface area contributed by atoms with Gasteiger partial charge in [-0.2, -0.15) is 4.98 Å². The zero-order valence-electron chi connectivity index (χ0n) is 12.9. The van der Waals surface area contributed by atoms with Crippen molar-refractivity contribution in [1.82, 2.24) is 19.9 Å². The quantitative estimate of drug-likeness (QED) is 0.546. The highest BCUT2D eigenvalue weighted by atomic mass is 79.9. The Morgan fingerprint density at radius 2 is 1.96 bits per heavy atom. The molecule has 0 saturated carbocycles. The average molecular weight is 415 g/mol. The van der Waals surface area contributed by atoms with E-state index < -0.39 is 10.9 Å². The molecule has 1 aromatic heterocycles. The van der Waals surface area contributed by atoms with Gasteiger partial charge in [0.25, 0.3) is 0 Å². The van der Waals surface area contributed by atoms with Crippen molar-refractivity contribution in [1.29, 1.82) is 0 Å². The largest absolute Gasteiger partial charge is 0.366 e. The second kappa shape index (κ2) is 7.49. The third-order valence-corrected chi connectivity index (χ3v) is 5.29. The van der Waals surface area contributed by atoms with Crippen LogP contribution in [0.15, 0.2) is 28.7 Å². The number of hydrogen-bond acceptors (Lipinski definition) is 6. The van der Waals surface area contributed by atoms with Crippen molar-refractivity contribution in [2.45, 2.75) is 18.9 Å². The molecule has 0 radical (unpaired) electrons. The molecule has 2 heterocycles. The monoisotopic (exact) mass is 414 g/mol. The smallest absolute Gasteiger partial charge is 0.241 e. The van der Waals surface area contributed by atoms with Gasteiger partial charge in [-0.3, -0.25) is 0 Å². The number of hydrogen-bond donors (Lipinski definition) is 4. The van der Waals surface area contributed by atoms with Gasteiger partial charge in [0.1, 0.15) is 0 Å². The summed E-state index contributed by atoms with van der Waals surface area (Å²) >= 11 is 3.40. The summed E-state index contributed by atoms with van der Waals surface area (Å²) in [5.41, 5.74) is 6.51. The number of nitrogens with one attached hydrogen (secondary N) is 2. The number of halogens is 1. The second-order valence-electron chi connectivity index (χ2n) is 5.76. The molecule has 0 spiro atoms. The maximum Gasteiger partial charge on any atom is 0.241 e. The fourth-order valence-electron chi connectivity index (χ4n) is 3.09. The van der Waals surface area contributed by atoms with Gasteiger partial charge in [0.05, 0.1) is 0 Å². The van der Waals surface area contributed by atoms with E-state index in [1.54, 1.807) is 0 Å². The Bertz CT molecular complexity index is 747. The number of anilines is 2. The molecule has 1 fully saturated rings. The number of aromatic nitrogens is 3. The zero-order valence-corrected chi connectivity index (χ0v) is 15.3. The van der Waals surface area contributed by atoms with Crippen LogP contribution in [0.2, 0.25) is 0 Å². The van der Waals surface area contributed by atoms with Crippen LogP contribution in [0.1, 0.15) is 24.4 Å². The van der Waals surface area contributed by atoms with Crippen LogP contribution in [0, 0.1) is 5.92 Å². The molecule has 3 rings (SSSR count). The van der Waals surface area contributed by atoms with Crippen molar-refractivity contribution in [3.63, 3.8) is 0 Å². The topological polar surface area (TPSA) is 117 Å². The minimum atomic E-state index is -2.67. The summed E-state index contributed by atoms with van der Waals surface area (Å²) in [4.78, 5) is 6.22. The van der Waals surface area contributed by atoms with Gasteiger partial charge in [-0.1, -0.05) is 28.1 Å². The molecule has 1 aliphatic rings. The predicted octanol–water partition coefficient (Wildman–Crippen LogP) is 1.22. The van der Waals surface area contributed by atoms with Gasteiger partial charge >= 0.3 is 0 Å². The third-order valence-electron chi connectivity index (χ3n) is 4.28. The summed E-state index contributed by atoms with van der Waals surface area (Å²) < 4.78 is 26.2. The first-order valence-electron chi connectivity index (χ1n) is 7.62. The van der Waals surface area contributed by atoms with E-state index in [0.29, 0.717) is 5.95 Å². The first-order chi connectivity index (χ1) is 11.5. The van der Waals surface area contributed by atoms with Crippen LogP contribution in [0.4, 0.5) is 11.9 Å². The Hall–Kier alpha value is -1.65. The lowest BCUT2D eigenvalue weighted by Crippen LogP contribution is -2.39. The lowest BCUT2D eigenvalue weighted by molar-refractivity contribution is 0.327. The maximum absolute atomic E-state index is 11.3. The average Bonchev–Trinajstić information content (AvgIpc) is 3.00. The number of nitrogens with zero attached hydrogens (tertiary/aromatic N) is 3. The molecule has 1 aromatic carbocycles. The van der Waals surface area contributed by atoms with Gasteiger partial charge in [-0.05, 0) is 36.5 Å². The van der Waals surface area contributed by atoms with Gasteiger partial charge in [0.2, 0.25) is 22.8 Å². The molecule has 0 amide bonds. The highest BCUT2D eigenvalue weighted by Gasteiger charge is 2.29. The Labute approximate surface area is 150 Å².